The zero-order valence-electron chi connectivity index (χ0n) is 11.7. The van der Waals surface area contributed by atoms with Crippen LogP contribution >= 0.6 is 0 Å². The van der Waals surface area contributed by atoms with Gasteiger partial charge in [-0.15, -0.1) is 0 Å². The first kappa shape index (κ1) is 15.0. The van der Waals surface area contributed by atoms with Gasteiger partial charge in [0.1, 0.15) is 5.75 Å². The molecule has 0 spiro atoms. The van der Waals surface area contributed by atoms with Crippen LogP contribution in [-0.2, 0) is 13.1 Å². The molecule has 4 nitrogen and oxygen atoms in total. The lowest BCUT2D eigenvalue weighted by Gasteiger charge is -2.25. The smallest absolute Gasteiger partial charge is 0.123 e. The normalized spacial score (nSPS) is 11.9. The van der Waals surface area contributed by atoms with E-state index in [-0.39, 0.29) is 0 Å². The predicted octanol–water partition coefficient (Wildman–Crippen LogP) is 1.36. The van der Waals surface area contributed by atoms with Crippen LogP contribution in [0.4, 0.5) is 0 Å². The van der Waals surface area contributed by atoms with Crippen LogP contribution in [0.2, 0.25) is 0 Å². The molecule has 1 aromatic carbocycles. The molecule has 1 rings (SSSR count). The molecule has 4 heteroatoms. The van der Waals surface area contributed by atoms with Crippen LogP contribution in [0.25, 0.3) is 0 Å². The van der Waals surface area contributed by atoms with Crippen LogP contribution in [-0.4, -0.2) is 36.3 Å². The van der Waals surface area contributed by atoms with Crippen molar-refractivity contribution in [1.82, 2.24) is 4.90 Å². The van der Waals surface area contributed by atoms with Crippen LogP contribution in [0.15, 0.2) is 18.2 Å². The highest BCUT2D eigenvalue weighted by Crippen LogP contribution is 2.20. The van der Waals surface area contributed by atoms with Gasteiger partial charge in [0.15, 0.2) is 0 Å². The summed E-state index contributed by atoms with van der Waals surface area (Å²) in [4.78, 5) is 2.09. The summed E-state index contributed by atoms with van der Waals surface area (Å²) in [6.45, 7) is 5.48. The number of methoxy groups -OCH3 is 1. The van der Waals surface area contributed by atoms with Crippen molar-refractivity contribution in [2.24, 2.45) is 5.73 Å². The maximum absolute atomic E-state index is 9.77. The van der Waals surface area contributed by atoms with E-state index in [1.807, 2.05) is 33.0 Å². The first-order valence-electron chi connectivity index (χ1n) is 6.12. The molecular formula is C14H24N2O2. The molecule has 0 atom stereocenters. The molecule has 0 unspecified atom stereocenters. The molecule has 0 heterocycles. The van der Waals surface area contributed by atoms with E-state index >= 15 is 0 Å². The van der Waals surface area contributed by atoms with E-state index in [0.717, 1.165) is 17.9 Å². The molecule has 0 amide bonds. The molecule has 0 radical (unpaired) electrons. The Morgan fingerprint density at radius 1 is 1.39 bits per heavy atom. The highest BCUT2D eigenvalue weighted by molar-refractivity contribution is 5.37. The van der Waals surface area contributed by atoms with Crippen LogP contribution < -0.4 is 10.5 Å². The van der Waals surface area contributed by atoms with E-state index in [9.17, 15) is 5.11 Å². The minimum absolute atomic E-state index is 0.465. The summed E-state index contributed by atoms with van der Waals surface area (Å²) in [6.07, 6.45) is 0. The predicted molar refractivity (Wildman–Crippen MR) is 73.5 cm³/mol. The average Bonchev–Trinajstić information content (AvgIpc) is 2.26. The van der Waals surface area contributed by atoms with E-state index in [1.54, 1.807) is 7.11 Å². The van der Waals surface area contributed by atoms with Crippen LogP contribution in [0.5, 0.6) is 5.75 Å². The van der Waals surface area contributed by atoms with Crippen molar-refractivity contribution in [2.75, 3.05) is 20.7 Å². The topological polar surface area (TPSA) is 58.7 Å². The Morgan fingerprint density at radius 3 is 2.56 bits per heavy atom. The number of aliphatic hydroxyl groups is 1. The summed E-state index contributed by atoms with van der Waals surface area (Å²) in [7, 11) is 3.64. The number of benzene rings is 1. The van der Waals surface area contributed by atoms with Gasteiger partial charge in [-0.25, -0.2) is 0 Å². The van der Waals surface area contributed by atoms with Crippen LogP contribution in [0.1, 0.15) is 25.0 Å². The molecule has 0 aliphatic heterocycles. The standard InChI is InChI=1S/C14H24N2O2/c1-14(2,17)10-16(3)9-11-5-6-13(18-4)12(7-11)8-15/h5-7,17H,8-10,15H2,1-4H3. The Hall–Kier alpha value is -1.10. The van der Waals surface area contributed by atoms with Gasteiger partial charge < -0.3 is 15.6 Å². The van der Waals surface area contributed by atoms with Crippen molar-refractivity contribution >= 4 is 0 Å². The average molecular weight is 252 g/mol. The Morgan fingerprint density at radius 2 is 2.06 bits per heavy atom. The first-order valence-corrected chi connectivity index (χ1v) is 6.12. The molecule has 0 saturated heterocycles. The van der Waals surface area contributed by atoms with Crippen molar-refractivity contribution in [3.05, 3.63) is 29.3 Å². The summed E-state index contributed by atoms with van der Waals surface area (Å²) >= 11 is 0. The summed E-state index contributed by atoms with van der Waals surface area (Å²) in [6, 6.07) is 6.02. The van der Waals surface area contributed by atoms with Gasteiger partial charge in [-0.2, -0.15) is 0 Å². The molecule has 18 heavy (non-hydrogen) atoms. The Labute approximate surface area is 109 Å². The maximum atomic E-state index is 9.77. The summed E-state index contributed by atoms with van der Waals surface area (Å²) in [5.74, 6) is 0.825. The number of hydrogen-bond donors (Lipinski definition) is 2. The molecular weight excluding hydrogens is 228 g/mol. The van der Waals surface area contributed by atoms with Gasteiger partial charge in [-0.1, -0.05) is 6.07 Å². The van der Waals surface area contributed by atoms with E-state index in [0.29, 0.717) is 13.1 Å². The zero-order chi connectivity index (χ0) is 13.8. The largest absolute Gasteiger partial charge is 0.496 e. The van der Waals surface area contributed by atoms with E-state index in [2.05, 4.69) is 11.0 Å². The second kappa shape index (κ2) is 6.18. The number of ether oxygens (including phenoxy) is 1. The van der Waals surface area contributed by atoms with E-state index in [1.165, 1.54) is 5.56 Å². The van der Waals surface area contributed by atoms with Crippen molar-refractivity contribution in [2.45, 2.75) is 32.5 Å². The van der Waals surface area contributed by atoms with Gasteiger partial charge in [0.05, 0.1) is 12.7 Å². The van der Waals surface area contributed by atoms with Crippen molar-refractivity contribution in [3.63, 3.8) is 0 Å². The van der Waals surface area contributed by atoms with E-state index < -0.39 is 5.60 Å². The summed E-state index contributed by atoms with van der Waals surface area (Å²) in [5, 5.41) is 9.77. The van der Waals surface area contributed by atoms with Gasteiger partial charge >= 0.3 is 0 Å². The Bertz CT molecular complexity index is 386. The van der Waals surface area contributed by atoms with Gasteiger partial charge in [0.25, 0.3) is 0 Å². The monoisotopic (exact) mass is 252 g/mol. The van der Waals surface area contributed by atoms with Gasteiger partial charge in [0.2, 0.25) is 0 Å². The first-order chi connectivity index (χ1) is 8.35. The lowest BCUT2D eigenvalue weighted by Crippen LogP contribution is -2.35. The third kappa shape index (κ3) is 4.64. The summed E-state index contributed by atoms with van der Waals surface area (Å²) < 4.78 is 5.24. The number of hydrogen-bond acceptors (Lipinski definition) is 4. The molecule has 0 aliphatic rings. The van der Waals surface area contributed by atoms with E-state index in [4.69, 9.17) is 10.5 Å². The third-order valence-corrected chi connectivity index (χ3v) is 2.67. The van der Waals surface area contributed by atoms with Crippen LogP contribution in [0, 0.1) is 0 Å². The SMILES string of the molecule is COc1ccc(CN(C)CC(C)(C)O)cc1CN. The second-order valence-electron chi connectivity index (χ2n) is 5.34. The van der Waals surface area contributed by atoms with Crippen molar-refractivity contribution in [3.8, 4) is 5.75 Å². The number of nitrogens with zero attached hydrogens (tertiary/aromatic N) is 1. The van der Waals surface area contributed by atoms with Gasteiger partial charge in [-0.3, -0.25) is 4.90 Å². The summed E-state index contributed by atoms with van der Waals surface area (Å²) in [5.41, 5.74) is 7.19. The highest BCUT2D eigenvalue weighted by Gasteiger charge is 2.15. The number of nitrogens with two attached hydrogens (primary N) is 1. The number of likely N-dealkylation sites (N-methyl/N-ethyl adjacent to an activating group) is 1. The molecule has 0 saturated carbocycles. The van der Waals surface area contributed by atoms with Crippen molar-refractivity contribution in [1.29, 1.82) is 0 Å². The quantitative estimate of drug-likeness (QED) is 0.802. The minimum Gasteiger partial charge on any atom is -0.496 e. The highest BCUT2D eigenvalue weighted by atomic mass is 16.5. The molecule has 102 valence electrons. The molecule has 0 aromatic heterocycles. The fraction of sp³-hybridized carbons (Fsp3) is 0.571. The zero-order valence-corrected chi connectivity index (χ0v) is 11.7. The molecule has 0 bridgehead atoms. The van der Waals surface area contributed by atoms with Gasteiger partial charge in [0, 0.05) is 25.2 Å². The second-order valence-corrected chi connectivity index (χ2v) is 5.34. The molecule has 0 aliphatic carbocycles. The Kier molecular flexibility index (Phi) is 5.14. The fourth-order valence-electron chi connectivity index (χ4n) is 2.12. The minimum atomic E-state index is -0.683. The van der Waals surface area contributed by atoms with Gasteiger partial charge in [-0.05, 0) is 38.6 Å². The fourth-order valence-corrected chi connectivity index (χ4v) is 2.12. The lowest BCUT2D eigenvalue weighted by atomic mass is 10.1. The third-order valence-electron chi connectivity index (χ3n) is 2.67. The molecule has 1 aromatic rings. The Balaban J connectivity index is 2.73. The lowest BCUT2D eigenvalue weighted by molar-refractivity contribution is 0.0425. The number of rotatable bonds is 6. The van der Waals surface area contributed by atoms with Crippen molar-refractivity contribution < 1.29 is 9.84 Å². The maximum Gasteiger partial charge on any atom is 0.123 e. The molecule has 3 N–H and O–H groups in total. The molecule has 0 fully saturated rings. The van der Waals surface area contributed by atoms with Crippen LogP contribution in [0.3, 0.4) is 0 Å².